The number of nitrogens with two attached hydrogens (primary N) is 1. The molecule has 1 aromatic heterocycles. The zero-order valence-corrected chi connectivity index (χ0v) is 19.1. The van der Waals surface area contributed by atoms with Gasteiger partial charge in [-0.15, -0.1) is 0 Å². The van der Waals surface area contributed by atoms with Crippen LogP contribution in [-0.4, -0.2) is 27.9 Å². The van der Waals surface area contributed by atoms with Crippen molar-refractivity contribution in [3.8, 4) is 0 Å². The van der Waals surface area contributed by atoms with Gasteiger partial charge in [0.25, 0.3) is 0 Å². The van der Waals surface area contributed by atoms with Crippen molar-refractivity contribution in [2.45, 2.75) is 49.2 Å². The van der Waals surface area contributed by atoms with Gasteiger partial charge in [0.2, 0.25) is 5.91 Å². The molecule has 6 heteroatoms. The van der Waals surface area contributed by atoms with Gasteiger partial charge >= 0.3 is 0 Å². The molecule has 2 aliphatic heterocycles. The highest BCUT2D eigenvalue weighted by Gasteiger charge is 2.55. The summed E-state index contributed by atoms with van der Waals surface area (Å²) in [6.45, 7) is 0. The zero-order chi connectivity index (χ0) is 22.3. The second kappa shape index (κ2) is 8.51. The average molecular weight is 466 g/mol. The quantitative estimate of drug-likeness (QED) is 0.538. The van der Waals surface area contributed by atoms with Crippen LogP contribution in [0.25, 0.3) is 0 Å². The molecule has 3 heterocycles. The number of primary amides is 1. The van der Waals surface area contributed by atoms with E-state index >= 15 is 0 Å². The first-order valence-corrected chi connectivity index (χ1v) is 11.7. The summed E-state index contributed by atoms with van der Waals surface area (Å²) in [6, 6.07) is 21.9. The number of aromatic nitrogens is 1. The van der Waals surface area contributed by atoms with Crippen molar-refractivity contribution in [2.24, 2.45) is 5.73 Å². The maximum atomic E-state index is 12.8. The largest absolute Gasteiger partial charge is 0.369 e. The van der Waals surface area contributed by atoms with Crippen LogP contribution in [0.15, 0.2) is 72.9 Å². The van der Waals surface area contributed by atoms with Crippen molar-refractivity contribution >= 4 is 29.1 Å². The Balaban J connectivity index is 1.60. The van der Waals surface area contributed by atoms with Crippen molar-refractivity contribution in [3.63, 3.8) is 0 Å². The summed E-state index contributed by atoms with van der Waals surface area (Å²) in [7, 11) is 0. The van der Waals surface area contributed by atoms with Crippen LogP contribution in [0.5, 0.6) is 0 Å². The Morgan fingerprint density at radius 2 is 1.44 bits per heavy atom. The monoisotopic (exact) mass is 465 g/mol. The SMILES string of the molecule is NC(=O)C1(c2ccccn2)C[C@H]2CC[C@@H](C1)N2C(c1ccccc1Cl)c1ccccc1Cl. The summed E-state index contributed by atoms with van der Waals surface area (Å²) >= 11 is 13.4. The fraction of sp³-hybridized carbons (Fsp3) is 0.308. The zero-order valence-electron chi connectivity index (χ0n) is 17.6. The molecule has 3 atom stereocenters. The molecule has 0 aliphatic carbocycles. The molecule has 2 aliphatic rings. The van der Waals surface area contributed by atoms with E-state index in [0.29, 0.717) is 22.9 Å². The minimum Gasteiger partial charge on any atom is -0.369 e. The molecular weight excluding hydrogens is 441 g/mol. The van der Waals surface area contributed by atoms with E-state index in [1.54, 1.807) is 6.20 Å². The van der Waals surface area contributed by atoms with Gasteiger partial charge in [-0.1, -0.05) is 65.7 Å². The first-order chi connectivity index (χ1) is 15.5. The Bertz CT molecular complexity index is 1080. The Morgan fingerprint density at radius 1 is 0.906 bits per heavy atom. The van der Waals surface area contributed by atoms with Crippen molar-refractivity contribution in [3.05, 3.63) is 99.8 Å². The van der Waals surface area contributed by atoms with Crippen LogP contribution in [0.2, 0.25) is 10.0 Å². The van der Waals surface area contributed by atoms with Gasteiger partial charge in [-0.2, -0.15) is 0 Å². The first-order valence-electron chi connectivity index (χ1n) is 11.0. The third-order valence-electron chi connectivity index (χ3n) is 7.17. The Labute approximate surface area is 198 Å². The number of rotatable bonds is 5. The number of hydrogen-bond donors (Lipinski definition) is 1. The van der Waals surface area contributed by atoms with E-state index in [-0.39, 0.29) is 24.0 Å². The number of pyridine rings is 1. The number of hydrogen-bond acceptors (Lipinski definition) is 3. The van der Waals surface area contributed by atoms with Crippen molar-refractivity contribution < 1.29 is 4.79 Å². The number of benzene rings is 2. The number of fused-ring (bicyclic) bond motifs is 2. The van der Waals surface area contributed by atoms with Gasteiger partial charge in [0.15, 0.2) is 0 Å². The number of nitrogens with zero attached hydrogens (tertiary/aromatic N) is 2. The van der Waals surface area contributed by atoms with Crippen LogP contribution >= 0.6 is 23.2 Å². The minimum absolute atomic E-state index is 0.0930. The maximum Gasteiger partial charge on any atom is 0.229 e. The summed E-state index contributed by atoms with van der Waals surface area (Å²) in [5.74, 6) is -0.292. The molecule has 2 aromatic carbocycles. The lowest BCUT2D eigenvalue weighted by molar-refractivity contribution is -0.127. The second-order valence-electron chi connectivity index (χ2n) is 8.85. The molecule has 164 valence electrons. The highest BCUT2D eigenvalue weighted by molar-refractivity contribution is 6.32. The number of carbonyl (C=O) groups excluding carboxylic acids is 1. The number of halogens is 2. The van der Waals surface area contributed by atoms with Gasteiger partial charge < -0.3 is 5.73 Å². The number of amides is 1. The lowest BCUT2D eigenvalue weighted by Crippen LogP contribution is -2.56. The molecule has 0 radical (unpaired) electrons. The van der Waals surface area contributed by atoms with E-state index in [1.165, 1.54) is 0 Å². The minimum atomic E-state index is -0.755. The van der Waals surface area contributed by atoms with E-state index in [1.807, 2.05) is 54.6 Å². The Hall–Kier alpha value is -2.40. The van der Waals surface area contributed by atoms with E-state index < -0.39 is 5.41 Å². The molecule has 1 unspecified atom stereocenters. The standard InChI is InChI=1S/C26H25Cl2N3O/c27-21-9-3-1-7-19(21)24(20-8-2-4-10-22(20)28)31-17-12-13-18(31)16-26(15-17,25(29)32)23-11-5-6-14-30-23/h1-11,14,17-18,24H,12-13,15-16H2,(H2,29,32)/t17-,18+,26?. The highest BCUT2D eigenvalue weighted by atomic mass is 35.5. The molecule has 2 fully saturated rings. The molecule has 0 saturated carbocycles. The van der Waals surface area contributed by atoms with Gasteiger partial charge in [0.05, 0.1) is 17.2 Å². The maximum absolute atomic E-state index is 12.8. The van der Waals surface area contributed by atoms with Crippen LogP contribution in [0.3, 0.4) is 0 Å². The van der Waals surface area contributed by atoms with E-state index in [2.05, 4.69) is 22.0 Å². The molecule has 5 rings (SSSR count). The van der Waals surface area contributed by atoms with Gasteiger partial charge in [0, 0.05) is 28.3 Å². The summed E-state index contributed by atoms with van der Waals surface area (Å²) in [5, 5.41) is 1.43. The Morgan fingerprint density at radius 3 is 1.91 bits per heavy atom. The van der Waals surface area contributed by atoms with Gasteiger partial charge in [-0.05, 0) is 61.1 Å². The van der Waals surface area contributed by atoms with Crippen molar-refractivity contribution in [1.82, 2.24) is 9.88 Å². The van der Waals surface area contributed by atoms with Crippen LogP contribution in [0.1, 0.15) is 48.5 Å². The molecule has 4 nitrogen and oxygen atoms in total. The molecule has 32 heavy (non-hydrogen) atoms. The van der Waals surface area contributed by atoms with Gasteiger partial charge in [-0.3, -0.25) is 14.7 Å². The first kappa shape index (κ1) is 21.4. The van der Waals surface area contributed by atoms with Crippen LogP contribution in [0, 0.1) is 0 Å². The van der Waals surface area contributed by atoms with Crippen LogP contribution in [-0.2, 0) is 10.2 Å². The molecule has 3 aromatic rings. The lowest BCUT2D eigenvalue weighted by Gasteiger charge is -2.48. The fourth-order valence-electron chi connectivity index (χ4n) is 5.77. The third kappa shape index (κ3) is 3.51. The smallest absolute Gasteiger partial charge is 0.229 e. The van der Waals surface area contributed by atoms with E-state index in [0.717, 1.165) is 29.7 Å². The Kier molecular flexibility index (Phi) is 5.70. The predicted molar refractivity (Wildman–Crippen MR) is 128 cm³/mol. The fourth-order valence-corrected chi connectivity index (χ4v) is 6.25. The topological polar surface area (TPSA) is 59.2 Å². The van der Waals surface area contributed by atoms with Crippen LogP contribution < -0.4 is 5.73 Å². The number of carbonyl (C=O) groups is 1. The third-order valence-corrected chi connectivity index (χ3v) is 7.86. The summed E-state index contributed by atoms with van der Waals surface area (Å²) in [6.07, 6.45) is 5.02. The predicted octanol–water partition coefficient (Wildman–Crippen LogP) is 5.53. The molecule has 2 bridgehead atoms. The molecule has 2 N–H and O–H groups in total. The summed E-state index contributed by atoms with van der Waals surface area (Å²) in [4.78, 5) is 19.9. The highest BCUT2D eigenvalue weighted by Crippen LogP contribution is 2.52. The molecule has 2 saturated heterocycles. The summed E-state index contributed by atoms with van der Waals surface area (Å²) < 4.78 is 0. The average Bonchev–Trinajstić information content (AvgIpc) is 3.06. The van der Waals surface area contributed by atoms with E-state index in [4.69, 9.17) is 28.9 Å². The van der Waals surface area contributed by atoms with Crippen molar-refractivity contribution in [1.29, 1.82) is 0 Å². The van der Waals surface area contributed by atoms with Crippen LogP contribution in [0.4, 0.5) is 0 Å². The lowest BCUT2D eigenvalue weighted by atomic mass is 9.70. The number of piperidine rings is 1. The molecule has 1 amide bonds. The molecule has 0 spiro atoms. The summed E-state index contributed by atoms with van der Waals surface area (Å²) in [5.41, 5.74) is 8.12. The van der Waals surface area contributed by atoms with Crippen molar-refractivity contribution in [2.75, 3.05) is 0 Å². The van der Waals surface area contributed by atoms with Gasteiger partial charge in [-0.25, -0.2) is 0 Å². The van der Waals surface area contributed by atoms with E-state index in [9.17, 15) is 4.79 Å². The molecular formula is C26H25Cl2N3O. The second-order valence-corrected chi connectivity index (χ2v) is 9.66. The van der Waals surface area contributed by atoms with Gasteiger partial charge in [0.1, 0.15) is 0 Å². The normalized spacial score (nSPS) is 25.2.